The molecule has 0 bridgehead atoms. The van der Waals surface area contributed by atoms with Gasteiger partial charge < -0.3 is 4.74 Å². The van der Waals surface area contributed by atoms with Gasteiger partial charge in [-0.2, -0.15) is 0 Å². The smallest absolute Gasteiger partial charge is 0.309 e. The zero-order valence-corrected chi connectivity index (χ0v) is 8.98. The third kappa shape index (κ3) is 2.04. The van der Waals surface area contributed by atoms with Crippen molar-refractivity contribution in [3.05, 3.63) is 35.9 Å². The standard InChI is InChI=1S/C13H16O2/c1-15-13(14)12-9-5-8-11(12)10-6-3-2-4-7-10/h2-4,6-7,11-12H,5,8-9H2,1H3. The normalized spacial score (nSPS) is 25.1. The first-order chi connectivity index (χ1) is 7.33. The Bertz CT molecular complexity index is 332. The van der Waals surface area contributed by atoms with Crippen LogP contribution in [0.4, 0.5) is 0 Å². The maximum atomic E-state index is 11.6. The maximum absolute atomic E-state index is 11.6. The lowest BCUT2D eigenvalue weighted by Gasteiger charge is -2.17. The van der Waals surface area contributed by atoms with Crippen LogP contribution in [0.15, 0.2) is 30.3 Å². The van der Waals surface area contributed by atoms with E-state index in [0.717, 1.165) is 19.3 Å². The Balaban J connectivity index is 2.18. The van der Waals surface area contributed by atoms with E-state index >= 15 is 0 Å². The van der Waals surface area contributed by atoms with Gasteiger partial charge in [0.05, 0.1) is 13.0 Å². The Kier molecular flexibility index (Phi) is 3.05. The van der Waals surface area contributed by atoms with Crippen LogP contribution in [0.3, 0.4) is 0 Å². The van der Waals surface area contributed by atoms with Gasteiger partial charge in [-0.05, 0) is 24.3 Å². The molecule has 2 heteroatoms. The van der Waals surface area contributed by atoms with Gasteiger partial charge in [-0.15, -0.1) is 0 Å². The minimum absolute atomic E-state index is 0.0543. The Morgan fingerprint density at radius 3 is 2.67 bits per heavy atom. The molecule has 0 aromatic heterocycles. The fourth-order valence-electron chi connectivity index (χ4n) is 2.49. The lowest BCUT2D eigenvalue weighted by atomic mass is 9.89. The summed E-state index contributed by atoms with van der Waals surface area (Å²) in [5, 5.41) is 0. The lowest BCUT2D eigenvalue weighted by Crippen LogP contribution is -2.18. The van der Waals surface area contributed by atoms with Gasteiger partial charge in [-0.3, -0.25) is 4.79 Å². The van der Waals surface area contributed by atoms with Crippen LogP contribution < -0.4 is 0 Å². The number of rotatable bonds is 2. The molecule has 80 valence electrons. The Morgan fingerprint density at radius 2 is 2.00 bits per heavy atom. The summed E-state index contributed by atoms with van der Waals surface area (Å²) in [6, 6.07) is 10.3. The number of carbonyl (C=O) groups excluding carboxylic acids is 1. The molecule has 2 nitrogen and oxygen atoms in total. The van der Waals surface area contributed by atoms with E-state index in [-0.39, 0.29) is 11.9 Å². The van der Waals surface area contributed by atoms with Gasteiger partial charge in [-0.25, -0.2) is 0 Å². The van der Waals surface area contributed by atoms with Crippen LogP contribution in [0.25, 0.3) is 0 Å². The second kappa shape index (κ2) is 4.47. The predicted molar refractivity (Wildman–Crippen MR) is 58.5 cm³/mol. The topological polar surface area (TPSA) is 26.3 Å². The van der Waals surface area contributed by atoms with E-state index in [0.29, 0.717) is 5.92 Å². The van der Waals surface area contributed by atoms with Crippen molar-refractivity contribution in [1.82, 2.24) is 0 Å². The van der Waals surface area contributed by atoms with E-state index < -0.39 is 0 Å². The molecule has 1 saturated carbocycles. The minimum Gasteiger partial charge on any atom is -0.469 e. The third-order valence-electron chi connectivity index (χ3n) is 3.25. The molecule has 2 atom stereocenters. The summed E-state index contributed by atoms with van der Waals surface area (Å²) in [6.45, 7) is 0. The van der Waals surface area contributed by atoms with Crippen molar-refractivity contribution in [1.29, 1.82) is 0 Å². The van der Waals surface area contributed by atoms with Crippen LogP contribution in [0.1, 0.15) is 30.7 Å². The first-order valence-electron chi connectivity index (χ1n) is 5.45. The number of hydrogen-bond acceptors (Lipinski definition) is 2. The van der Waals surface area contributed by atoms with E-state index in [1.54, 1.807) is 0 Å². The van der Waals surface area contributed by atoms with Gasteiger partial charge in [0.15, 0.2) is 0 Å². The highest BCUT2D eigenvalue weighted by molar-refractivity contribution is 5.74. The van der Waals surface area contributed by atoms with Crippen molar-refractivity contribution >= 4 is 5.97 Å². The first kappa shape index (κ1) is 10.2. The van der Waals surface area contributed by atoms with Gasteiger partial charge in [0.2, 0.25) is 0 Å². The molecule has 1 fully saturated rings. The van der Waals surface area contributed by atoms with Gasteiger partial charge >= 0.3 is 5.97 Å². The Hall–Kier alpha value is -1.31. The number of carbonyl (C=O) groups is 1. The highest BCUT2D eigenvalue weighted by atomic mass is 16.5. The lowest BCUT2D eigenvalue weighted by molar-refractivity contribution is -0.145. The summed E-state index contributed by atoms with van der Waals surface area (Å²) >= 11 is 0. The SMILES string of the molecule is COC(=O)C1CCCC1c1ccccc1. The summed E-state index contributed by atoms with van der Waals surface area (Å²) in [7, 11) is 1.47. The van der Waals surface area contributed by atoms with Crippen molar-refractivity contribution in [2.75, 3.05) is 7.11 Å². The Morgan fingerprint density at radius 1 is 1.27 bits per heavy atom. The molecule has 1 aliphatic rings. The number of benzene rings is 1. The Labute approximate surface area is 90.3 Å². The third-order valence-corrected chi connectivity index (χ3v) is 3.25. The summed E-state index contributed by atoms with van der Waals surface area (Å²) < 4.78 is 4.85. The van der Waals surface area contributed by atoms with E-state index in [4.69, 9.17) is 4.74 Å². The molecule has 1 aliphatic carbocycles. The summed E-state index contributed by atoms with van der Waals surface area (Å²) in [5.74, 6) is 0.373. The first-order valence-corrected chi connectivity index (χ1v) is 5.45. The number of ether oxygens (including phenoxy) is 1. The van der Waals surface area contributed by atoms with Crippen molar-refractivity contribution in [2.45, 2.75) is 25.2 Å². The van der Waals surface area contributed by atoms with Gasteiger partial charge in [0, 0.05) is 0 Å². The van der Waals surface area contributed by atoms with Crippen molar-refractivity contribution in [3.8, 4) is 0 Å². The van der Waals surface area contributed by atoms with Crippen LogP contribution in [0.5, 0.6) is 0 Å². The molecule has 15 heavy (non-hydrogen) atoms. The monoisotopic (exact) mass is 204 g/mol. The molecule has 2 rings (SSSR count). The molecule has 0 amide bonds. The van der Waals surface area contributed by atoms with E-state index in [9.17, 15) is 4.79 Å². The fourth-order valence-corrected chi connectivity index (χ4v) is 2.49. The summed E-state index contributed by atoms with van der Waals surface area (Å²) in [4.78, 5) is 11.6. The largest absolute Gasteiger partial charge is 0.469 e. The molecule has 1 aromatic carbocycles. The second-order valence-electron chi connectivity index (χ2n) is 4.08. The second-order valence-corrected chi connectivity index (χ2v) is 4.08. The van der Waals surface area contributed by atoms with Crippen LogP contribution >= 0.6 is 0 Å². The highest BCUT2D eigenvalue weighted by Crippen LogP contribution is 2.39. The molecule has 0 N–H and O–H groups in total. The average molecular weight is 204 g/mol. The van der Waals surface area contributed by atoms with Crippen LogP contribution in [0.2, 0.25) is 0 Å². The van der Waals surface area contributed by atoms with E-state index in [1.807, 2.05) is 18.2 Å². The number of esters is 1. The minimum atomic E-state index is -0.0543. The van der Waals surface area contributed by atoms with Gasteiger partial charge in [0.1, 0.15) is 0 Å². The van der Waals surface area contributed by atoms with Crippen molar-refractivity contribution < 1.29 is 9.53 Å². The van der Waals surface area contributed by atoms with Crippen molar-refractivity contribution in [2.24, 2.45) is 5.92 Å². The predicted octanol–water partition coefficient (Wildman–Crippen LogP) is 2.74. The number of hydrogen-bond donors (Lipinski definition) is 0. The molecule has 0 heterocycles. The molecular formula is C13H16O2. The van der Waals surface area contributed by atoms with Crippen molar-refractivity contribution in [3.63, 3.8) is 0 Å². The number of methoxy groups -OCH3 is 1. The van der Waals surface area contributed by atoms with Crippen LogP contribution in [-0.4, -0.2) is 13.1 Å². The highest BCUT2D eigenvalue weighted by Gasteiger charge is 2.34. The quantitative estimate of drug-likeness (QED) is 0.692. The molecular weight excluding hydrogens is 188 g/mol. The fraction of sp³-hybridized carbons (Fsp3) is 0.462. The molecule has 0 aliphatic heterocycles. The zero-order valence-electron chi connectivity index (χ0n) is 8.98. The molecule has 0 saturated heterocycles. The summed E-state index contributed by atoms with van der Waals surface area (Å²) in [5.41, 5.74) is 1.27. The van der Waals surface area contributed by atoms with Crippen LogP contribution in [0, 0.1) is 5.92 Å². The van der Waals surface area contributed by atoms with E-state index in [2.05, 4.69) is 12.1 Å². The molecule has 0 radical (unpaired) electrons. The molecule has 0 spiro atoms. The summed E-state index contributed by atoms with van der Waals surface area (Å²) in [6.07, 6.45) is 3.19. The maximum Gasteiger partial charge on any atom is 0.309 e. The zero-order chi connectivity index (χ0) is 10.7. The van der Waals surface area contributed by atoms with E-state index in [1.165, 1.54) is 12.7 Å². The van der Waals surface area contributed by atoms with Crippen LogP contribution in [-0.2, 0) is 9.53 Å². The van der Waals surface area contributed by atoms with Gasteiger partial charge in [0.25, 0.3) is 0 Å². The average Bonchev–Trinajstić information content (AvgIpc) is 2.78. The van der Waals surface area contributed by atoms with Gasteiger partial charge in [-0.1, -0.05) is 36.8 Å². The molecule has 2 unspecified atom stereocenters. The molecule has 1 aromatic rings.